The van der Waals surface area contributed by atoms with Crippen molar-refractivity contribution in [3.8, 4) is 0 Å². The van der Waals surface area contributed by atoms with E-state index in [1.807, 2.05) is 18.2 Å². The molecule has 1 saturated carbocycles. The molecule has 2 aliphatic rings. The average molecular weight is 332 g/mol. The lowest BCUT2D eigenvalue weighted by molar-refractivity contribution is -0.0959. The van der Waals surface area contributed by atoms with Gasteiger partial charge in [-0.2, -0.15) is 0 Å². The van der Waals surface area contributed by atoms with Crippen LogP contribution in [0.2, 0.25) is 0 Å². The molecular weight excluding hydrogens is 303 g/mol. The minimum absolute atomic E-state index is 0.0379. The Morgan fingerprint density at radius 3 is 2.67 bits per heavy atom. The monoisotopic (exact) mass is 332 g/mol. The third-order valence-electron chi connectivity index (χ3n) is 5.90. The van der Waals surface area contributed by atoms with E-state index in [9.17, 15) is 9.50 Å². The average Bonchev–Trinajstić information content (AvgIpc) is 2.62. The first-order chi connectivity index (χ1) is 11.7. The molecular formula is C21H29FO2. The predicted molar refractivity (Wildman–Crippen MR) is 94.1 cm³/mol. The summed E-state index contributed by atoms with van der Waals surface area (Å²) in [5.74, 6) is 1.29. The first-order valence-corrected chi connectivity index (χ1v) is 9.35. The van der Waals surface area contributed by atoms with Crippen molar-refractivity contribution in [3.05, 3.63) is 47.8 Å². The summed E-state index contributed by atoms with van der Waals surface area (Å²) in [4.78, 5) is 0. The van der Waals surface area contributed by atoms with E-state index in [0.717, 1.165) is 31.2 Å². The SMILES string of the molecule is CCC1CC(C2CC=C(F)CC2)C(OCc2ccccc2)CC1O. The minimum atomic E-state index is -0.275. The second kappa shape index (κ2) is 8.26. The van der Waals surface area contributed by atoms with Crippen LogP contribution in [0.25, 0.3) is 0 Å². The summed E-state index contributed by atoms with van der Waals surface area (Å²) >= 11 is 0. The molecule has 0 amide bonds. The molecule has 1 fully saturated rings. The Bertz CT molecular complexity index is 542. The highest BCUT2D eigenvalue weighted by Gasteiger charge is 2.40. The van der Waals surface area contributed by atoms with Crippen LogP contribution in [0.1, 0.15) is 51.0 Å². The lowest BCUT2D eigenvalue weighted by atomic mass is 9.68. The minimum Gasteiger partial charge on any atom is -0.393 e. The number of rotatable bonds is 5. The molecule has 5 atom stereocenters. The van der Waals surface area contributed by atoms with Gasteiger partial charge in [-0.15, -0.1) is 0 Å². The van der Waals surface area contributed by atoms with E-state index in [2.05, 4.69) is 19.1 Å². The fraction of sp³-hybridized carbons (Fsp3) is 0.619. The molecule has 0 spiro atoms. The maximum Gasteiger partial charge on any atom is 0.0960 e. The molecule has 0 radical (unpaired) electrons. The Kier molecular flexibility index (Phi) is 6.07. The smallest absolute Gasteiger partial charge is 0.0960 e. The molecule has 3 rings (SSSR count). The molecule has 24 heavy (non-hydrogen) atoms. The Morgan fingerprint density at radius 1 is 1.21 bits per heavy atom. The Morgan fingerprint density at radius 2 is 2.00 bits per heavy atom. The van der Waals surface area contributed by atoms with Crippen molar-refractivity contribution < 1.29 is 14.2 Å². The van der Waals surface area contributed by atoms with Gasteiger partial charge in [0, 0.05) is 6.42 Å². The molecule has 0 aliphatic heterocycles. The third kappa shape index (κ3) is 4.25. The lowest BCUT2D eigenvalue weighted by Gasteiger charge is -2.43. The molecule has 2 nitrogen and oxygen atoms in total. The number of benzene rings is 1. The molecule has 5 unspecified atom stereocenters. The molecule has 2 aliphatic carbocycles. The van der Waals surface area contributed by atoms with Crippen LogP contribution >= 0.6 is 0 Å². The molecule has 1 aromatic rings. The van der Waals surface area contributed by atoms with E-state index >= 15 is 0 Å². The zero-order valence-corrected chi connectivity index (χ0v) is 14.5. The largest absolute Gasteiger partial charge is 0.393 e. The topological polar surface area (TPSA) is 29.5 Å². The van der Waals surface area contributed by atoms with Gasteiger partial charge in [-0.25, -0.2) is 4.39 Å². The fourth-order valence-corrected chi connectivity index (χ4v) is 4.38. The Hall–Kier alpha value is -1.19. The maximum atomic E-state index is 13.4. The summed E-state index contributed by atoms with van der Waals surface area (Å²) < 4.78 is 19.6. The first kappa shape index (κ1) is 17.6. The van der Waals surface area contributed by atoms with Crippen LogP contribution in [0.5, 0.6) is 0 Å². The van der Waals surface area contributed by atoms with Gasteiger partial charge in [0.15, 0.2) is 0 Å². The molecule has 132 valence electrons. The van der Waals surface area contributed by atoms with E-state index in [1.54, 1.807) is 6.08 Å². The predicted octanol–water partition coefficient (Wildman–Crippen LogP) is 5.02. The van der Waals surface area contributed by atoms with Crippen LogP contribution in [0.4, 0.5) is 4.39 Å². The van der Waals surface area contributed by atoms with Gasteiger partial charge in [-0.3, -0.25) is 0 Å². The van der Waals surface area contributed by atoms with Crippen LogP contribution in [0, 0.1) is 17.8 Å². The van der Waals surface area contributed by atoms with Crippen molar-refractivity contribution >= 4 is 0 Å². The van der Waals surface area contributed by atoms with Crippen LogP contribution in [0.15, 0.2) is 42.2 Å². The summed E-state index contributed by atoms with van der Waals surface area (Å²) in [6.07, 6.45) is 6.54. The van der Waals surface area contributed by atoms with E-state index in [0.29, 0.717) is 37.2 Å². The molecule has 0 saturated heterocycles. The standard InChI is InChI=1S/C21H29FO2/c1-2-16-12-19(17-8-10-18(22)11-9-17)21(13-20(16)23)24-14-15-6-4-3-5-7-15/h3-7,10,16-17,19-21,23H,2,8-9,11-14H2,1H3. The summed E-state index contributed by atoms with van der Waals surface area (Å²) in [5.41, 5.74) is 1.16. The third-order valence-corrected chi connectivity index (χ3v) is 5.90. The molecule has 1 aromatic carbocycles. The zero-order valence-electron chi connectivity index (χ0n) is 14.5. The number of halogens is 1. The van der Waals surface area contributed by atoms with Crippen molar-refractivity contribution in [1.82, 2.24) is 0 Å². The lowest BCUT2D eigenvalue weighted by Crippen LogP contribution is -2.43. The van der Waals surface area contributed by atoms with E-state index < -0.39 is 0 Å². The Balaban J connectivity index is 1.68. The second-order valence-corrected chi connectivity index (χ2v) is 7.39. The number of aliphatic hydroxyl groups excluding tert-OH is 1. The van der Waals surface area contributed by atoms with Crippen molar-refractivity contribution in [2.75, 3.05) is 0 Å². The normalized spacial score (nSPS) is 34.0. The van der Waals surface area contributed by atoms with Crippen LogP contribution < -0.4 is 0 Å². The van der Waals surface area contributed by atoms with Gasteiger partial charge < -0.3 is 9.84 Å². The van der Waals surface area contributed by atoms with Crippen molar-refractivity contribution in [1.29, 1.82) is 0 Å². The van der Waals surface area contributed by atoms with E-state index in [1.165, 1.54) is 0 Å². The summed E-state index contributed by atoms with van der Waals surface area (Å²) in [7, 11) is 0. The fourth-order valence-electron chi connectivity index (χ4n) is 4.38. The highest BCUT2D eigenvalue weighted by atomic mass is 19.1. The number of ether oxygens (including phenoxy) is 1. The van der Waals surface area contributed by atoms with Gasteiger partial charge in [-0.05, 0) is 49.0 Å². The van der Waals surface area contributed by atoms with E-state index in [-0.39, 0.29) is 18.0 Å². The highest BCUT2D eigenvalue weighted by Crippen LogP contribution is 2.42. The quantitative estimate of drug-likeness (QED) is 0.820. The Labute approximate surface area is 144 Å². The molecule has 3 heteroatoms. The van der Waals surface area contributed by atoms with Crippen LogP contribution in [-0.4, -0.2) is 17.3 Å². The van der Waals surface area contributed by atoms with Gasteiger partial charge in [-0.1, -0.05) is 49.8 Å². The van der Waals surface area contributed by atoms with E-state index in [4.69, 9.17) is 4.74 Å². The highest BCUT2D eigenvalue weighted by molar-refractivity contribution is 5.13. The number of allylic oxidation sites excluding steroid dienone is 2. The summed E-state index contributed by atoms with van der Waals surface area (Å²) in [5, 5.41) is 10.4. The van der Waals surface area contributed by atoms with Gasteiger partial charge in [0.1, 0.15) is 0 Å². The maximum absolute atomic E-state index is 13.4. The molecule has 0 bridgehead atoms. The van der Waals surface area contributed by atoms with Crippen LogP contribution in [-0.2, 0) is 11.3 Å². The summed E-state index contributed by atoms with van der Waals surface area (Å²) in [6, 6.07) is 10.2. The molecule has 0 aromatic heterocycles. The summed E-state index contributed by atoms with van der Waals surface area (Å²) in [6.45, 7) is 2.74. The first-order valence-electron chi connectivity index (χ1n) is 9.35. The van der Waals surface area contributed by atoms with Gasteiger partial charge in [0.2, 0.25) is 0 Å². The van der Waals surface area contributed by atoms with Gasteiger partial charge in [0.25, 0.3) is 0 Å². The molecule has 0 heterocycles. The zero-order chi connectivity index (χ0) is 16.9. The van der Waals surface area contributed by atoms with Crippen LogP contribution in [0.3, 0.4) is 0 Å². The van der Waals surface area contributed by atoms with Crippen molar-refractivity contribution in [2.24, 2.45) is 17.8 Å². The van der Waals surface area contributed by atoms with Crippen molar-refractivity contribution in [2.45, 2.75) is 64.3 Å². The van der Waals surface area contributed by atoms with Crippen molar-refractivity contribution in [3.63, 3.8) is 0 Å². The second-order valence-electron chi connectivity index (χ2n) is 7.39. The number of hydrogen-bond donors (Lipinski definition) is 1. The van der Waals surface area contributed by atoms with Gasteiger partial charge >= 0.3 is 0 Å². The number of hydrogen-bond acceptors (Lipinski definition) is 2. The van der Waals surface area contributed by atoms with Gasteiger partial charge in [0.05, 0.1) is 24.6 Å². The molecule has 1 N–H and O–H groups in total. The number of aliphatic hydroxyl groups is 1.